The minimum absolute atomic E-state index is 0.0893. The van der Waals surface area contributed by atoms with E-state index in [1.807, 2.05) is 0 Å². The van der Waals surface area contributed by atoms with Crippen LogP contribution in [0.3, 0.4) is 0 Å². The quantitative estimate of drug-likeness (QED) is 0.634. The topological polar surface area (TPSA) is 93.3 Å². The number of nitrogens with zero attached hydrogens (tertiary/aromatic N) is 1. The van der Waals surface area contributed by atoms with E-state index in [0.29, 0.717) is 5.56 Å². The number of ketones is 1. The minimum Gasteiger partial charge on any atom is -0.477 e. The molecular weight excluding hydrogens is 172 g/mol. The molecule has 0 bridgehead atoms. The van der Waals surface area contributed by atoms with Gasteiger partial charge in [0.25, 0.3) is 0 Å². The van der Waals surface area contributed by atoms with Crippen molar-refractivity contribution in [1.29, 1.82) is 0 Å². The Morgan fingerprint density at radius 3 is 2.54 bits per heavy atom. The SMILES string of the molecule is NCC(=O)c1ccc(C(=O)O)nc1. The first-order valence-corrected chi connectivity index (χ1v) is 3.57. The highest BCUT2D eigenvalue weighted by Gasteiger charge is 2.06. The number of carbonyl (C=O) groups excluding carboxylic acids is 1. The van der Waals surface area contributed by atoms with Crippen molar-refractivity contribution in [2.45, 2.75) is 0 Å². The molecule has 0 spiro atoms. The first kappa shape index (κ1) is 9.34. The number of aromatic nitrogens is 1. The number of hydrogen-bond acceptors (Lipinski definition) is 4. The summed E-state index contributed by atoms with van der Waals surface area (Å²) in [6.07, 6.45) is 1.21. The molecule has 1 aromatic rings. The Bertz CT molecular complexity index is 332. The van der Waals surface area contributed by atoms with E-state index in [1.165, 1.54) is 18.3 Å². The predicted octanol–water partition coefficient (Wildman–Crippen LogP) is -0.0788. The minimum atomic E-state index is -1.12. The third-order valence-corrected chi connectivity index (χ3v) is 1.49. The Balaban J connectivity index is 2.93. The molecule has 13 heavy (non-hydrogen) atoms. The average molecular weight is 180 g/mol. The predicted molar refractivity (Wildman–Crippen MR) is 44.6 cm³/mol. The van der Waals surface area contributed by atoms with Crippen LogP contribution in [0.15, 0.2) is 18.3 Å². The zero-order valence-corrected chi connectivity index (χ0v) is 6.73. The van der Waals surface area contributed by atoms with E-state index in [2.05, 4.69) is 4.98 Å². The van der Waals surface area contributed by atoms with Crippen LogP contribution < -0.4 is 5.73 Å². The van der Waals surface area contributed by atoms with Crippen molar-refractivity contribution in [2.75, 3.05) is 6.54 Å². The van der Waals surface area contributed by atoms with E-state index in [9.17, 15) is 9.59 Å². The van der Waals surface area contributed by atoms with Gasteiger partial charge in [-0.05, 0) is 12.1 Å². The molecule has 68 valence electrons. The van der Waals surface area contributed by atoms with Crippen LogP contribution in [-0.2, 0) is 0 Å². The molecule has 0 amide bonds. The molecule has 1 rings (SSSR count). The lowest BCUT2D eigenvalue weighted by molar-refractivity contribution is 0.0690. The van der Waals surface area contributed by atoms with Gasteiger partial charge in [0.2, 0.25) is 0 Å². The maximum atomic E-state index is 11.0. The summed E-state index contributed by atoms with van der Waals surface area (Å²) in [5.74, 6) is -1.38. The van der Waals surface area contributed by atoms with E-state index in [1.54, 1.807) is 0 Å². The molecule has 1 aromatic heterocycles. The maximum absolute atomic E-state index is 11.0. The number of Topliss-reactive ketones (excluding diaryl/α,β-unsaturated/α-hetero) is 1. The third kappa shape index (κ3) is 2.09. The highest BCUT2D eigenvalue weighted by molar-refractivity contribution is 5.97. The molecule has 0 atom stereocenters. The zero-order valence-electron chi connectivity index (χ0n) is 6.73. The van der Waals surface area contributed by atoms with Crippen LogP contribution in [0.1, 0.15) is 20.8 Å². The lowest BCUT2D eigenvalue weighted by atomic mass is 10.2. The van der Waals surface area contributed by atoms with Crippen molar-refractivity contribution in [2.24, 2.45) is 5.73 Å². The number of hydrogen-bond donors (Lipinski definition) is 2. The maximum Gasteiger partial charge on any atom is 0.354 e. The Morgan fingerprint density at radius 2 is 2.15 bits per heavy atom. The van der Waals surface area contributed by atoms with Gasteiger partial charge in [-0.25, -0.2) is 9.78 Å². The molecule has 0 aromatic carbocycles. The molecule has 1 heterocycles. The summed E-state index contributed by atoms with van der Waals surface area (Å²) in [4.78, 5) is 24.9. The molecule has 0 saturated heterocycles. The second-order valence-corrected chi connectivity index (χ2v) is 2.36. The van der Waals surface area contributed by atoms with Crippen molar-refractivity contribution >= 4 is 11.8 Å². The molecule has 0 aliphatic rings. The lowest BCUT2D eigenvalue weighted by Gasteiger charge is -1.97. The second kappa shape index (κ2) is 3.77. The fourth-order valence-electron chi connectivity index (χ4n) is 0.803. The fraction of sp³-hybridized carbons (Fsp3) is 0.125. The highest BCUT2D eigenvalue weighted by atomic mass is 16.4. The molecule has 0 aliphatic carbocycles. The van der Waals surface area contributed by atoms with Crippen LogP contribution >= 0.6 is 0 Å². The molecule has 5 nitrogen and oxygen atoms in total. The average Bonchev–Trinajstić information content (AvgIpc) is 2.17. The van der Waals surface area contributed by atoms with E-state index in [4.69, 9.17) is 10.8 Å². The summed E-state index contributed by atoms with van der Waals surface area (Å²) in [6, 6.07) is 2.66. The van der Waals surface area contributed by atoms with Crippen LogP contribution in [-0.4, -0.2) is 28.4 Å². The summed E-state index contributed by atoms with van der Waals surface area (Å²) in [6.45, 7) is -0.103. The Kier molecular flexibility index (Phi) is 2.71. The van der Waals surface area contributed by atoms with Gasteiger partial charge in [-0.2, -0.15) is 0 Å². The van der Waals surface area contributed by atoms with Gasteiger partial charge < -0.3 is 10.8 Å². The van der Waals surface area contributed by atoms with Crippen LogP contribution in [0.4, 0.5) is 0 Å². The molecule has 0 aliphatic heterocycles. The molecule has 0 radical (unpaired) electrons. The first-order chi connectivity index (χ1) is 6.15. The Hall–Kier alpha value is -1.75. The molecule has 3 N–H and O–H groups in total. The van der Waals surface area contributed by atoms with Crippen molar-refractivity contribution in [3.63, 3.8) is 0 Å². The summed E-state index contributed by atoms with van der Waals surface area (Å²) in [7, 11) is 0. The summed E-state index contributed by atoms with van der Waals surface area (Å²) in [5.41, 5.74) is 5.35. The van der Waals surface area contributed by atoms with Crippen LogP contribution in [0.2, 0.25) is 0 Å². The van der Waals surface area contributed by atoms with Crippen molar-refractivity contribution in [1.82, 2.24) is 4.98 Å². The van der Waals surface area contributed by atoms with Gasteiger partial charge in [0.1, 0.15) is 5.69 Å². The van der Waals surface area contributed by atoms with Crippen LogP contribution in [0.25, 0.3) is 0 Å². The van der Waals surface area contributed by atoms with Gasteiger partial charge in [0, 0.05) is 11.8 Å². The van der Waals surface area contributed by atoms with Gasteiger partial charge in [0.15, 0.2) is 5.78 Å². The summed E-state index contributed by atoms with van der Waals surface area (Å²) >= 11 is 0. The number of pyridine rings is 1. The van der Waals surface area contributed by atoms with Crippen molar-refractivity contribution < 1.29 is 14.7 Å². The molecule has 0 saturated carbocycles. The van der Waals surface area contributed by atoms with E-state index >= 15 is 0 Å². The number of nitrogens with two attached hydrogens (primary N) is 1. The molecular formula is C8H8N2O3. The van der Waals surface area contributed by atoms with Crippen molar-refractivity contribution in [3.8, 4) is 0 Å². The zero-order chi connectivity index (χ0) is 9.84. The normalized spacial score (nSPS) is 9.62. The third-order valence-electron chi connectivity index (χ3n) is 1.49. The van der Waals surface area contributed by atoms with Crippen LogP contribution in [0, 0.1) is 0 Å². The van der Waals surface area contributed by atoms with Crippen LogP contribution in [0.5, 0.6) is 0 Å². The van der Waals surface area contributed by atoms with E-state index in [0.717, 1.165) is 0 Å². The first-order valence-electron chi connectivity index (χ1n) is 3.57. The lowest BCUT2D eigenvalue weighted by Crippen LogP contribution is -2.14. The van der Waals surface area contributed by atoms with Gasteiger partial charge in [-0.3, -0.25) is 4.79 Å². The van der Waals surface area contributed by atoms with Gasteiger partial charge in [-0.1, -0.05) is 0 Å². The highest BCUT2D eigenvalue weighted by Crippen LogP contribution is 2.00. The number of carboxylic acids is 1. The Morgan fingerprint density at radius 1 is 1.46 bits per heavy atom. The van der Waals surface area contributed by atoms with Crippen molar-refractivity contribution in [3.05, 3.63) is 29.6 Å². The monoisotopic (exact) mass is 180 g/mol. The summed E-state index contributed by atoms with van der Waals surface area (Å²) < 4.78 is 0. The molecule has 0 fully saturated rings. The van der Waals surface area contributed by atoms with E-state index in [-0.39, 0.29) is 18.0 Å². The largest absolute Gasteiger partial charge is 0.477 e. The summed E-state index contributed by atoms with van der Waals surface area (Å²) in [5, 5.41) is 8.50. The number of carboxylic acid groups (broad SMARTS) is 1. The fourth-order valence-corrected chi connectivity index (χ4v) is 0.803. The molecule has 0 unspecified atom stereocenters. The van der Waals surface area contributed by atoms with E-state index < -0.39 is 5.97 Å². The van der Waals surface area contributed by atoms with Gasteiger partial charge >= 0.3 is 5.97 Å². The smallest absolute Gasteiger partial charge is 0.354 e. The second-order valence-electron chi connectivity index (χ2n) is 2.36. The Labute approximate surface area is 74.2 Å². The number of carbonyl (C=O) groups is 2. The van der Waals surface area contributed by atoms with Gasteiger partial charge in [0.05, 0.1) is 6.54 Å². The standard InChI is InChI=1S/C8H8N2O3/c9-3-7(11)5-1-2-6(8(12)13)10-4-5/h1-2,4H,3,9H2,(H,12,13). The van der Waals surface area contributed by atoms with Gasteiger partial charge in [-0.15, -0.1) is 0 Å². The molecule has 5 heteroatoms. The number of aromatic carboxylic acids is 1. The number of rotatable bonds is 3.